The van der Waals surface area contributed by atoms with Crippen LogP contribution in [0.2, 0.25) is 5.02 Å². The molecule has 1 aromatic carbocycles. The number of carbonyl (C=O) groups is 1. The Hall–Kier alpha value is -1.61. The predicted molar refractivity (Wildman–Crippen MR) is 67.2 cm³/mol. The molecule has 1 aliphatic rings. The molecule has 0 radical (unpaired) electrons. The highest BCUT2D eigenvalue weighted by atomic mass is 35.5. The summed E-state index contributed by atoms with van der Waals surface area (Å²) in [5, 5.41) is 24.3. The van der Waals surface area contributed by atoms with Crippen LogP contribution in [-0.4, -0.2) is 29.7 Å². The first-order chi connectivity index (χ1) is 8.60. The van der Waals surface area contributed by atoms with Gasteiger partial charge >= 0.3 is 0 Å². The van der Waals surface area contributed by atoms with Crippen LogP contribution in [0.1, 0.15) is 12.0 Å². The number of hydrogen-bond donors (Lipinski definition) is 3. The summed E-state index contributed by atoms with van der Waals surface area (Å²) in [6, 6.07) is 6.22. The van der Waals surface area contributed by atoms with E-state index in [9.17, 15) is 9.90 Å². The van der Waals surface area contributed by atoms with Gasteiger partial charge in [0.2, 0.25) is 5.91 Å². The molecule has 1 aromatic rings. The maximum Gasteiger partial charge on any atom is 0.241 e. The lowest BCUT2D eigenvalue weighted by molar-refractivity contribution is -0.117. The molecule has 2 atom stereocenters. The van der Waals surface area contributed by atoms with Crippen molar-refractivity contribution in [2.24, 2.45) is 0 Å². The molecule has 1 saturated heterocycles. The third kappa shape index (κ3) is 2.79. The van der Waals surface area contributed by atoms with Crippen molar-refractivity contribution in [3.05, 3.63) is 28.8 Å². The van der Waals surface area contributed by atoms with Gasteiger partial charge in [0.05, 0.1) is 23.4 Å². The molecule has 94 valence electrons. The Morgan fingerprint density at radius 2 is 2.39 bits per heavy atom. The first-order valence-corrected chi connectivity index (χ1v) is 5.90. The Kier molecular flexibility index (Phi) is 3.82. The molecular formula is C12H12ClN3O2. The van der Waals surface area contributed by atoms with Crippen molar-refractivity contribution in [3.8, 4) is 6.07 Å². The molecule has 1 heterocycles. The minimum atomic E-state index is -0.504. The Balaban J connectivity index is 2.12. The number of aliphatic hydroxyl groups is 1. The zero-order valence-corrected chi connectivity index (χ0v) is 10.2. The molecule has 18 heavy (non-hydrogen) atoms. The number of benzene rings is 1. The second-order valence-electron chi connectivity index (χ2n) is 4.14. The number of anilines is 1. The van der Waals surface area contributed by atoms with E-state index < -0.39 is 12.1 Å². The fraction of sp³-hybridized carbons (Fsp3) is 0.333. The number of rotatable bonds is 2. The van der Waals surface area contributed by atoms with Gasteiger partial charge in [-0.1, -0.05) is 11.6 Å². The number of nitrogens with one attached hydrogen (secondary N) is 2. The summed E-state index contributed by atoms with van der Waals surface area (Å²) in [5.41, 5.74) is 0.740. The summed E-state index contributed by atoms with van der Waals surface area (Å²) in [5.74, 6) is -0.273. The van der Waals surface area contributed by atoms with Crippen LogP contribution in [0.15, 0.2) is 18.2 Å². The van der Waals surface area contributed by atoms with Crippen molar-refractivity contribution in [2.75, 3.05) is 11.9 Å². The first-order valence-electron chi connectivity index (χ1n) is 5.52. The van der Waals surface area contributed by atoms with Crippen molar-refractivity contribution in [3.63, 3.8) is 0 Å². The van der Waals surface area contributed by atoms with Gasteiger partial charge in [-0.2, -0.15) is 5.26 Å². The van der Waals surface area contributed by atoms with Gasteiger partial charge in [0, 0.05) is 11.6 Å². The van der Waals surface area contributed by atoms with E-state index in [-0.39, 0.29) is 5.91 Å². The molecule has 1 aliphatic heterocycles. The topological polar surface area (TPSA) is 85.2 Å². The number of aliphatic hydroxyl groups excluding tert-OH is 1. The van der Waals surface area contributed by atoms with Crippen LogP contribution in [0.5, 0.6) is 0 Å². The average Bonchev–Trinajstić information content (AvgIpc) is 2.76. The fourth-order valence-corrected chi connectivity index (χ4v) is 2.03. The summed E-state index contributed by atoms with van der Waals surface area (Å²) in [7, 11) is 0. The summed E-state index contributed by atoms with van der Waals surface area (Å²) in [6.45, 7) is 0.402. The Morgan fingerprint density at radius 3 is 3.00 bits per heavy atom. The second-order valence-corrected chi connectivity index (χ2v) is 4.58. The van der Waals surface area contributed by atoms with E-state index in [4.69, 9.17) is 16.9 Å². The van der Waals surface area contributed by atoms with E-state index in [1.807, 2.05) is 6.07 Å². The lowest BCUT2D eigenvalue weighted by Crippen LogP contribution is -2.35. The summed E-state index contributed by atoms with van der Waals surface area (Å²) >= 11 is 5.82. The third-order valence-electron chi connectivity index (χ3n) is 2.78. The van der Waals surface area contributed by atoms with Gasteiger partial charge in [-0.3, -0.25) is 4.79 Å². The molecule has 0 aromatic heterocycles. The lowest BCUT2D eigenvalue weighted by atomic mass is 10.1. The Bertz CT molecular complexity index is 513. The molecule has 5 nitrogen and oxygen atoms in total. The standard InChI is InChI=1S/C12H12ClN3O2/c13-8-2-1-7(5-14)10(3-8)16-12(18)11-4-9(17)6-15-11/h1-3,9,11,15,17H,4,6H2,(H,16,18). The number of carbonyl (C=O) groups excluding carboxylic acids is 1. The Labute approximate surface area is 109 Å². The van der Waals surface area contributed by atoms with E-state index >= 15 is 0 Å². The molecular weight excluding hydrogens is 254 g/mol. The number of nitrogens with zero attached hydrogens (tertiary/aromatic N) is 1. The third-order valence-corrected chi connectivity index (χ3v) is 3.02. The molecule has 3 N–H and O–H groups in total. The maximum absolute atomic E-state index is 11.9. The zero-order valence-electron chi connectivity index (χ0n) is 9.48. The summed E-state index contributed by atoms with van der Waals surface area (Å²) < 4.78 is 0. The molecule has 0 saturated carbocycles. The van der Waals surface area contributed by atoms with Gasteiger partial charge in [-0.05, 0) is 24.6 Å². The quantitative estimate of drug-likeness (QED) is 0.741. The van der Waals surface area contributed by atoms with Crippen molar-refractivity contribution in [1.29, 1.82) is 5.26 Å². The summed E-state index contributed by atoms with van der Waals surface area (Å²) in [6.07, 6.45) is -0.135. The van der Waals surface area contributed by atoms with Crippen LogP contribution >= 0.6 is 11.6 Å². The molecule has 0 aliphatic carbocycles. The number of β-amino-alcohol motifs (C(OH)–C–C–N with tert-alkyl or cyclic N) is 1. The van der Waals surface area contributed by atoms with Crippen molar-refractivity contribution in [1.82, 2.24) is 5.32 Å². The van der Waals surface area contributed by atoms with Gasteiger partial charge in [0.1, 0.15) is 6.07 Å². The molecule has 1 amide bonds. The van der Waals surface area contributed by atoms with Crippen LogP contribution in [0.4, 0.5) is 5.69 Å². The highest BCUT2D eigenvalue weighted by Crippen LogP contribution is 2.21. The molecule has 1 fully saturated rings. The minimum absolute atomic E-state index is 0.273. The fourth-order valence-electron chi connectivity index (χ4n) is 1.85. The number of amides is 1. The molecule has 0 bridgehead atoms. The van der Waals surface area contributed by atoms with Crippen molar-refractivity contribution >= 4 is 23.2 Å². The predicted octanol–water partition coefficient (Wildman–Crippen LogP) is 0.873. The largest absolute Gasteiger partial charge is 0.392 e. The van der Waals surface area contributed by atoms with Gasteiger partial charge in [-0.15, -0.1) is 0 Å². The van der Waals surface area contributed by atoms with E-state index in [0.29, 0.717) is 29.2 Å². The summed E-state index contributed by atoms with van der Waals surface area (Å²) in [4.78, 5) is 11.9. The van der Waals surface area contributed by atoms with Crippen LogP contribution in [-0.2, 0) is 4.79 Å². The normalized spacial score (nSPS) is 22.5. The van der Waals surface area contributed by atoms with Crippen LogP contribution < -0.4 is 10.6 Å². The van der Waals surface area contributed by atoms with E-state index in [1.54, 1.807) is 12.1 Å². The lowest BCUT2D eigenvalue weighted by Gasteiger charge is -2.12. The number of nitriles is 1. The zero-order chi connectivity index (χ0) is 13.1. The maximum atomic E-state index is 11.9. The molecule has 0 spiro atoms. The van der Waals surface area contributed by atoms with E-state index in [1.165, 1.54) is 6.07 Å². The highest BCUT2D eigenvalue weighted by Gasteiger charge is 2.28. The number of hydrogen-bond acceptors (Lipinski definition) is 4. The second kappa shape index (κ2) is 5.36. The van der Waals surface area contributed by atoms with Crippen LogP contribution in [0.3, 0.4) is 0 Å². The average molecular weight is 266 g/mol. The van der Waals surface area contributed by atoms with E-state index in [2.05, 4.69) is 10.6 Å². The minimum Gasteiger partial charge on any atom is -0.392 e. The monoisotopic (exact) mass is 265 g/mol. The van der Waals surface area contributed by atoms with Gasteiger partial charge in [-0.25, -0.2) is 0 Å². The van der Waals surface area contributed by atoms with Gasteiger partial charge < -0.3 is 15.7 Å². The van der Waals surface area contributed by atoms with Crippen LogP contribution in [0, 0.1) is 11.3 Å². The van der Waals surface area contributed by atoms with Gasteiger partial charge in [0.15, 0.2) is 0 Å². The molecule has 2 rings (SSSR count). The Morgan fingerprint density at radius 1 is 1.61 bits per heavy atom. The van der Waals surface area contributed by atoms with Gasteiger partial charge in [0.25, 0.3) is 0 Å². The van der Waals surface area contributed by atoms with Crippen molar-refractivity contribution < 1.29 is 9.90 Å². The van der Waals surface area contributed by atoms with E-state index in [0.717, 1.165) is 0 Å². The van der Waals surface area contributed by atoms with Crippen LogP contribution in [0.25, 0.3) is 0 Å². The molecule has 6 heteroatoms. The highest BCUT2D eigenvalue weighted by molar-refractivity contribution is 6.31. The molecule has 2 unspecified atom stereocenters. The first kappa shape index (κ1) is 12.8. The van der Waals surface area contributed by atoms with Crippen molar-refractivity contribution in [2.45, 2.75) is 18.6 Å². The number of halogens is 1. The SMILES string of the molecule is N#Cc1ccc(Cl)cc1NC(=O)C1CC(O)CN1. The smallest absolute Gasteiger partial charge is 0.241 e.